The van der Waals surface area contributed by atoms with Gasteiger partial charge in [0.1, 0.15) is 22.7 Å². The standard InChI is InChI=1S/C2H4O3S/c3-1-2-6(4)5/h1,6H,2H2. The van der Waals surface area contributed by atoms with Gasteiger partial charge >= 0.3 is 0 Å². The highest BCUT2D eigenvalue weighted by atomic mass is 32.2. The number of rotatable bonds is 2. The molecule has 0 aromatic carbocycles. The van der Waals surface area contributed by atoms with Gasteiger partial charge in [0.15, 0.2) is 0 Å². The van der Waals surface area contributed by atoms with Crippen molar-refractivity contribution in [2.45, 2.75) is 0 Å². The van der Waals surface area contributed by atoms with E-state index in [0.29, 0.717) is 6.29 Å². The van der Waals surface area contributed by atoms with E-state index in [4.69, 9.17) is 0 Å². The topological polar surface area (TPSA) is 51.2 Å². The second-order valence-corrected chi connectivity index (χ2v) is 1.71. The fraction of sp³-hybridized carbons (Fsp3) is 0.500. The van der Waals surface area contributed by atoms with Gasteiger partial charge in [0.05, 0.1) is 0 Å². The molecule has 0 atom stereocenters. The number of carbonyl (C=O) groups excluding carboxylic acids is 1. The van der Waals surface area contributed by atoms with Crippen molar-refractivity contribution in [2.75, 3.05) is 5.75 Å². The highest BCUT2D eigenvalue weighted by molar-refractivity contribution is 7.73. The molecule has 0 saturated carbocycles. The minimum absolute atomic E-state index is 0.352. The first-order valence-corrected chi connectivity index (χ1v) is 2.69. The predicted molar refractivity (Wildman–Crippen MR) is 21.2 cm³/mol. The van der Waals surface area contributed by atoms with Crippen LogP contribution in [0.25, 0.3) is 0 Å². The van der Waals surface area contributed by atoms with Crippen LogP contribution in [-0.4, -0.2) is 20.5 Å². The minimum Gasteiger partial charge on any atom is -0.302 e. The average molecular weight is 108 g/mol. The largest absolute Gasteiger partial charge is 0.302 e. The molecule has 0 fully saturated rings. The lowest BCUT2D eigenvalue weighted by atomic mass is 10.9. The van der Waals surface area contributed by atoms with E-state index in [2.05, 4.69) is 0 Å². The van der Waals surface area contributed by atoms with Crippen LogP contribution in [0.4, 0.5) is 0 Å². The molecule has 4 heteroatoms. The maximum atomic E-state index is 9.41. The molecule has 0 bridgehead atoms. The summed E-state index contributed by atoms with van der Waals surface area (Å²) in [4.78, 5) is 9.23. The Morgan fingerprint density at radius 1 is 1.50 bits per heavy atom. The molecule has 0 saturated heterocycles. The third kappa shape index (κ3) is 3.62. The zero-order valence-corrected chi connectivity index (χ0v) is 3.85. The Morgan fingerprint density at radius 2 is 2.00 bits per heavy atom. The molecule has 6 heavy (non-hydrogen) atoms. The molecule has 0 aromatic heterocycles. The maximum absolute atomic E-state index is 9.41. The first-order valence-electron chi connectivity index (χ1n) is 1.33. The monoisotopic (exact) mass is 108 g/mol. The summed E-state index contributed by atoms with van der Waals surface area (Å²) in [7, 11) is -2.47. The van der Waals surface area contributed by atoms with E-state index in [9.17, 15) is 13.2 Å². The number of carbonyl (C=O) groups is 1. The smallest absolute Gasteiger partial charge is 0.146 e. The lowest BCUT2D eigenvalue weighted by Gasteiger charge is -1.61. The van der Waals surface area contributed by atoms with Crippen molar-refractivity contribution in [3.05, 3.63) is 0 Å². The van der Waals surface area contributed by atoms with Crippen LogP contribution < -0.4 is 0 Å². The van der Waals surface area contributed by atoms with Gasteiger partial charge in [-0.1, -0.05) is 0 Å². The van der Waals surface area contributed by atoms with Gasteiger partial charge in [0.25, 0.3) is 0 Å². The van der Waals surface area contributed by atoms with E-state index >= 15 is 0 Å². The van der Waals surface area contributed by atoms with Gasteiger partial charge in [-0.25, -0.2) is 8.42 Å². The molecule has 0 aliphatic heterocycles. The summed E-state index contributed by atoms with van der Waals surface area (Å²) < 4.78 is 18.8. The number of hydrogen-bond donors (Lipinski definition) is 1. The fourth-order valence-electron chi connectivity index (χ4n) is 0.0609. The normalized spacial score (nSPS) is 8.83. The van der Waals surface area contributed by atoms with E-state index in [0.717, 1.165) is 0 Å². The predicted octanol–water partition coefficient (Wildman–Crippen LogP) is -1.20. The first-order chi connectivity index (χ1) is 2.77. The Labute approximate surface area is 36.9 Å². The van der Waals surface area contributed by atoms with Crippen molar-refractivity contribution in [1.82, 2.24) is 0 Å². The molecular weight excluding hydrogens is 104 g/mol. The third-order valence-electron chi connectivity index (χ3n) is 0.224. The molecule has 0 unspecified atom stereocenters. The van der Waals surface area contributed by atoms with Crippen molar-refractivity contribution in [3.8, 4) is 0 Å². The Bertz CT molecular complexity index is 95.4. The van der Waals surface area contributed by atoms with Crippen LogP contribution in [0.1, 0.15) is 0 Å². The second-order valence-electron chi connectivity index (χ2n) is 0.682. The molecule has 0 heterocycles. The third-order valence-corrected chi connectivity index (χ3v) is 0.671. The van der Waals surface area contributed by atoms with E-state index in [1.54, 1.807) is 0 Å². The van der Waals surface area contributed by atoms with E-state index in [1.807, 2.05) is 0 Å². The summed E-state index contributed by atoms with van der Waals surface area (Å²) in [6.45, 7) is 0. The van der Waals surface area contributed by atoms with Gasteiger partial charge in [-0.15, -0.1) is 0 Å². The van der Waals surface area contributed by atoms with E-state index in [-0.39, 0.29) is 5.75 Å². The first kappa shape index (κ1) is 5.62. The molecule has 0 rings (SSSR count). The number of thiol groups is 1. The van der Waals surface area contributed by atoms with Crippen molar-refractivity contribution in [3.63, 3.8) is 0 Å². The molecule has 0 aliphatic carbocycles. The van der Waals surface area contributed by atoms with Crippen molar-refractivity contribution in [1.29, 1.82) is 0 Å². The molecule has 0 spiro atoms. The van der Waals surface area contributed by atoms with Crippen molar-refractivity contribution < 1.29 is 13.2 Å². The summed E-state index contributed by atoms with van der Waals surface area (Å²) in [6.07, 6.45) is 0.353. The molecule has 0 aromatic rings. The fourth-order valence-corrected chi connectivity index (χ4v) is 0.183. The van der Waals surface area contributed by atoms with Crippen LogP contribution in [0.5, 0.6) is 0 Å². The van der Waals surface area contributed by atoms with Gasteiger partial charge < -0.3 is 4.79 Å². The Hall–Kier alpha value is -0.380. The molecule has 0 N–H and O–H groups in total. The number of aldehydes is 1. The highest BCUT2D eigenvalue weighted by Gasteiger charge is 1.75. The summed E-state index contributed by atoms with van der Waals surface area (Å²) in [5.74, 6) is -0.352. The SMILES string of the molecule is O=CC[SH](=O)=O. The molecule has 36 valence electrons. The van der Waals surface area contributed by atoms with Gasteiger partial charge in [-0.2, -0.15) is 0 Å². The van der Waals surface area contributed by atoms with Crippen molar-refractivity contribution >= 4 is 17.0 Å². The molecule has 3 nitrogen and oxygen atoms in total. The van der Waals surface area contributed by atoms with Crippen LogP contribution in [0.2, 0.25) is 0 Å². The van der Waals surface area contributed by atoms with Gasteiger partial charge in [-0.3, -0.25) is 0 Å². The lowest BCUT2D eigenvalue weighted by Crippen LogP contribution is -1.84. The van der Waals surface area contributed by atoms with Crippen LogP contribution in [0, 0.1) is 0 Å². The van der Waals surface area contributed by atoms with Gasteiger partial charge in [0.2, 0.25) is 0 Å². The maximum Gasteiger partial charge on any atom is 0.146 e. The van der Waals surface area contributed by atoms with Gasteiger partial charge in [-0.05, 0) is 0 Å². The van der Waals surface area contributed by atoms with E-state index in [1.165, 1.54) is 0 Å². The van der Waals surface area contributed by atoms with Crippen LogP contribution in [-0.2, 0) is 15.5 Å². The number of hydrogen-bond acceptors (Lipinski definition) is 3. The Balaban J connectivity index is 3.32. The molecule has 0 radical (unpaired) electrons. The molecule has 0 amide bonds. The zero-order valence-electron chi connectivity index (χ0n) is 2.96. The summed E-state index contributed by atoms with van der Waals surface area (Å²) >= 11 is 0. The Morgan fingerprint density at radius 3 is 2.00 bits per heavy atom. The van der Waals surface area contributed by atoms with Crippen LogP contribution >= 0.6 is 0 Å². The minimum atomic E-state index is -2.47. The van der Waals surface area contributed by atoms with Crippen LogP contribution in [0.3, 0.4) is 0 Å². The highest BCUT2D eigenvalue weighted by Crippen LogP contribution is 1.51. The van der Waals surface area contributed by atoms with E-state index < -0.39 is 10.7 Å². The molecular formula is C2H4O3S. The summed E-state index contributed by atoms with van der Waals surface area (Å²) in [5, 5.41) is 0. The van der Waals surface area contributed by atoms with Crippen LogP contribution in [0.15, 0.2) is 0 Å². The average Bonchev–Trinajstić information content (AvgIpc) is 1.35. The zero-order chi connectivity index (χ0) is 4.99. The van der Waals surface area contributed by atoms with Gasteiger partial charge in [0, 0.05) is 0 Å². The quantitative estimate of drug-likeness (QED) is 0.357. The summed E-state index contributed by atoms with van der Waals surface area (Å²) in [5.41, 5.74) is 0. The Kier molecular flexibility index (Phi) is 2.66. The summed E-state index contributed by atoms with van der Waals surface area (Å²) in [6, 6.07) is 0. The molecule has 0 aliphatic rings. The van der Waals surface area contributed by atoms with Crippen molar-refractivity contribution in [2.24, 2.45) is 0 Å². The lowest BCUT2D eigenvalue weighted by molar-refractivity contribution is -0.105. The second kappa shape index (κ2) is 2.84.